The summed E-state index contributed by atoms with van der Waals surface area (Å²) < 4.78 is 0. The van der Waals surface area contributed by atoms with Crippen LogP contribution in [0.15, 0.2) is 41.1 Å². The van der Waals surface area contributed by atoms with Crippen LogP contribution in [0.25, 0.3) is 0 Å². The lowest BCUT2D eigenvalue weighted by Gasteiger charge is -2.24. The van der Waals surface area contributed by atoms with Crippen LogP contribution in [0, 0.1) is 6.92 Å². The van der Waals surface area contributed by atoms with Gasteiger partial charge in [-0.3, -0.25) is 0 Å². The number of rotatable bonds is 6. The largest absolute Gasteiger partial charge is 0.387 e. The Morgan fingerprint density at radius 2 is 2.05 bits per heavy atom. The van der Waals surface area contributed by atoms with E-state index in [2.05, 4.69) is 5.32 Å². The summed E-state index contributed by atoms with van der Waals surface area (Å²) in [6.07, 6.45) is -0.674. The van der Waals surface area contributed by atoms with Crippen molar-refractivity contribution in [2.45, 2.75) is 26.5 Å². The number of hydrogen-bond acceptors (Lipinski definition) is 3. The van der Waals surface area contributed by atoms with E-state index in [-0.39, 0.29) is 12.6 Å². The van der Waals surface area contributed by atoms with Gasteiger partial charge < -0.3 is 15.3 Å². The van der Waals surface area contributed by atoms with Crippen LogP contribution < -0.4 is 5.32 Å². The van der Waals surface area contributed by atoms with Crippen LogP contribution >= 0.6 is 11.3 Å². The van der Waals surface area contributed by atoms with Crippen molar-refractivity contribution >= 4 is 17.4 Å². The SMILES string of the molecule is CCN(CC(O)c1ccc(C)cc1)C(=O)NCc1ccsc1. The maximum Gasteiger partial charge on any atom is 0.317 e. The Balaban J connectivity index is 1.90. The van der Waals surface area contributed by atoms with Gasteiger partial charge in [0.15, 0.2) is 0 Å². The first-order chi connectivity index (χ1) is 10.6. The number of aliphatic hydroxyl groups is 1. The zero-order valence-corrected chi connectivity index (χ0v) is 13.8. The summed E-state index contributed by atoms with van der Waals surface area (Å²) in [5, 5.41) is 17.2. The number of carbonyl (C=O) groups is 1. The Morgan fingerprint density at radius 1 is 1.32 bits per heavy atom. The van der Waals surface area contributed by atoms with E-state index in [0.29, 0.717) is 13.1 Å². The van der Waals surface area contributed by atoms with Gasteiger partial charge in [0.2, 0.25) is 0 Å². The number of likely N-dealkylation sites (N-methyl/N-ethyl adjacent to an activating group) is 1. The van der Waals surface area contributed by atoms with Crippen LogP contribution in [0.3, 0.4) is 0 Å². The van der Waals surface area contributed by atoms with Crippen molar-refractivity contribution < 1.29 is 9.90 Å². The Morgan fingerprint density at radius 3 is 2.64 bits per heavy atom. The standard InChI is InChI=1S/C17H22N2O2S/c1-3-19(17(21)18-10-14-8-9-22-12-14)11-16(20)15-6-4-13(2)5-7-15/h4-9,12,16,20H,3,10-11H2,1-2H3,(H,18,21). The molecule has 118 valence electrons. The third kappa shape index (κ3) is 4.58. The Labute approximate surface area is 135 Å². The van der Waals surface area contributed by atoms with Crippen molar-refractivity contribution in [1.29, 1.82) is 0 Å². The van der Waals surface area contributed by atoms with Gasteiger partial charge in [0.05, 0.1) is 12.6 Å². The molecule has 0 fully saturated rings. The first-order valence-corrected chi connectivity index (χ1v) is 8.33. The van der Waals surface area contributed by atoms with Crippen molar-refractivity contribution in [2.24, 2.45) is 0 Å². The molecule has 0 spiro atoms. The van der Waals surface area contributed by atoms with Gasteiger partial charge in [-0.25, -0.2) is 4.79 Å². The number of urea groups is 1. The average molecular weight is 318 g/mol. The van der Waals surface area contributed by atoms with Crippen LogP contribution in [0.4, 0.5) is 4.79 Å². The number of amides is 2. The molecular formula is C17H22N2O2S. The third-order valence-electron chi connectivity index (χ3n) is 3.55. The molecule has 0 saturated heterocycles. The second-order valence-electron chi connectivity index (χ2n) is 5.26. The lowest BCUT2D eigenvalue weighted by molar-refractivity contribution is 0.123. The number of hydrogen-bond donors (Lipinski definition) is 2. The maximum atomic E-state index is 12.2. The topological polar surface area (TPSA) is 52.6 Å². The summed E-state index contributed by atoms with van der Waals surface area (Å²) >= 11 is 1.61. The molecule has 0 radical (unpaired) electrons. The number of nitrogens with zero attached hydrogens (tertiary/aromatic N) is 1. The van der Waals surface area contributed by atoms with Gasteiger partial charge in [0.25, 0.3) is 0 Å². The molecule has 1 unspecified atom stereocenters. The van der Waals surface area contributed by atoms with Crippen LogP contribution in [0.5, 0.6) is 0 Å². The Bertz CT molecular complexity index is 581. The smallest absolute Gasteiger partial charge is 0.317 e. The first-order valence-electron chi connectivity index (χ1n) is 7.38. The molecular weight excluding hydrogens is 296 g/mol. The molecule has 5 heteroatoms. The van der Waals surface area contributed by atoms with Crippen molar-refractivity contribution in [3.8, 4) is 0 Å². The fourth-order valence-corrected chi connectivity index (χ4v) is 2.81. The van der Waals surface area contributed by atoms with Crippen molar-refractivity contribution in [1.82, 2.24) is 10.2 Å². The molecule has 2 aromatic rings. The maximum absolute atomic E-state index is 12.2. The van der Waals surface area contributed by atoms with Crippen molar-refractivity contribution in [3.63, 3.8) is 0 Å². The average Bonchev–Trinajstić information content (AvgIpc) is 3.04. The van der Waals surface area contributed by atoms with E-state index in [4.69, 9.17) is 0 Å². The van der Waals surface area contributed by atoms with Crippen LogP contribution in [0.2, 0.25) is 0 Å². The molecule has 0 aliphatic heterocycles. The minimum absolute atomic E-state index is 0.153. The van der Waals surface area contributed by atoms with E-state index in [9.17, 15) is 9.90 Å². The first kappa shape index (κ1) is 16.5. The lowest BCUT2D eigenvalue weighted by atomic mass is 10.1. The monoisotopic (exact) mass is 318 g/mol. The summed E-state index contributed by atoms with van der Waals surface area (Å²) in [4.78, 5) is 13.8. The molecule has 0 aliphatic carbocycles. The number of aliphatic hydroxyl groups excluding tert-OH is 1. The van der Waals surface area contributed by atoms with Gasteiger partial charge in [-0.05, 0) is 41.8 Å². The predicted molar refractivity (Wildman–Crippen MR) is 89.9 cm³/mol. The van der Waals surface area contributed by atoms with Crippen molar-refractivity contribution in [3.05, 3.63) is 57.8 Å². The Kier molecular flexibility index (Phi) is 5.98. The molecule has 1 heterocycles. The number of aryl methyl sites for hydroxylation is 1. The van der Waals surface area contributed by atoms with Gasteiger partial charge >= 0.3 is 6.03 Å². The number of thiophene rings is 1. The van der Waals surface area contributed by atoms with Crippen molar-refractivity contribution in [2.75, 3.05) is 13.1 Å². The minimum Gasteiger partial charge on any atom is -0.387 e. The molecule has 0 saturated carbocycles. The summed E-state index contributed by atoms with van der Waals surface area (Å²) in [5.41, 5.74) is 3.07. The summed E-state index contributed by atoms with van der Waals surface area (Å²) in [7, 11) is 0. The molecule has 0 aliphatic rings. The number of nitrogens with one attached hydrogen (secondary N) is 1. The van der Waals surface area contributed by atoms with Crippen LogP contribution in [0.1, 0.15) is 29.7 Å². The molecule has 2 N–H and O–H groups in total. The van der Waals surface area contributed by atoms with E-state index in [0.717, 1.165) is 16.7 Å². The highest BCUT2D eigenvalue weighted by Crippen LogP contribution is 2.15. The third-order valence-corrected chi connectivity index (χ3v) is 4.28. The zero-order chi connectivity index (χ0) is 15.9. The molecule has 22 heavy (non-hydrogen) atoms. The fraction of sp³-hybridized carbons (Fsp3) is 0.353. The number of benzene rings is 1. The molecule has 1 atom stereocenters. The highest BCUT2D eigenvalue weighted by atomic mass is 32.1. The molecule has 1 aromatic heterocycles. The highest BCUT2D eigenvalue weighted by molar-refractivity contribution is 7.07. The van der Waals surface area contributed by atoms with E-state index >= 15 is 0 Å². The molecule has 4 nitrogen and oxygen atoms in total. The van der Waals surface area contributed by atoms with E-state index in [1.165, 1.54) is 0 Å². The van der Waals surface area contributed by atoms with Gasteiger partial charge in [-0.1, -0.05) is 29.8 Å². The van der Waals surface area contributed by atoms with Crippen LogP contribution in [-0.2, 0) is 6.54 Å². The van der Waals surface area contributed by atoms with Gasteiger partial charge in [-0.2, -0.15) is 11.3 Å². The lowest BCUT2D eigenvalue weighted by Crippen LogP contribution is -2.41. The minimum atomic E-state index is -0.674. The van der Waals surface area contributed by atoms with Gasteiger partial charge in [0, 0.05) is 13.1 Å². The molecule has 2 amide bonds. The number of carbonyl (C=O) groups excluding carboxylic acids is 1. The summed E-state index contributed by atoms with van der Waals surface area (Å²) in [6, 6.07) is 9.56. The normalized spacial score (nSPS) is 12.0. The fourth-order valence-electron chi connectivity index (χ4n) is 2.14. The Hall–Kier alpha value is -1.85. The predicted octanol–water partition coefficient (Wildman–Crippen LogP) is 3.32. The second kappa shape index (κ2) is 7.96. The highest BCUT2D eigenvalue weighted by Gasteiger charge is 2.17. The van der Waals surface area contributed by atoms with Crippen LogP contribution in [-0.4, -0.2) is 29.1 Å². The van der Waals surface area contributed by atoms with E-state index in [1.807, 2.05) is 54.9 Å². The molecule has 0 bridgehead atoms. The molecule has 2 rings (SSSR count). The van der Waals surface area contributed by atoms with Gasteiger partial charge in [0.1, 0.15) is 0 Å². The second-order valence-corrected chi connectivity index (χ2v) is 6.04. The molecule has 1 aromatic carbocycles. The van der Waals surface area contributed by atoms with Gasteiger partial charge in [-0.15, -0.1) is 0 Å². The zero-order valence-electron chi connectivity index (χ0n) is 13.0. The summed E-state index contributed by atoms with van der Waals surface area (Å²) in [5.74, 6) is 0. The summed E-state index contributed by atoms with van der Waals surface area (Å²) in [6.45, 7) is 5.27. The quantitative estimate of drug-likeness (QED) is 0.858. The van der Waals surface area contributed by atoms with E-state index in [1.54, 1.807) is 16.2 Å². The van der Waals surface area contributed by atoms with E-state index < -0.39 is 6.10 Å².